The quantitative estimate of drug-likeness (QED) is 0.896. The summed E-state index contributed by atoms with van der Waals surface area (Å²) < 4.78 is 13.2. The predicted molar refractivity (Wildman–Crippen MR) is 96.4 cm³/mol. The van der Waals surface area contributed by atoms with Gasteiger partial charge in [-0.2, -0.15) is 0 Å². The van der Waals surface area contributed by atoms with Crippen molar-refractivity contribution in [1.82, 2.24) is 4.90 Å². The van der Waals surface area contributed by atoms with E-state index in [1.165, 1.54) is 12.1 Å². The van der Waals surface area contributed by atoms with Gasteiger partial charge in [0.05, 0.1) is 6.04 Å². The van der Waals surface area contributed by atoms with Crippen molar-refractivity contribution in [3.05, 3.63) is 54.3 Å². The van der Waals surface area contributed by atoms with Crippen LogP contribution in [0.3, 0.4) is 0 Å². The normalized spacial score (nSPS) is 16.5. The van der Waals surface area contributed by atoms with E-state index in [0.29, 0.717) is 5.69 Å². The summed E-state index contributed by atoms with van der Waals surface area (Å²) in [6, 6.07) is 12.8. The van der Waals surface area contributed by atoms with Gasteiger partial charge in [0, 0.05) is 37.6 Å². The topological polar surface area (TPSA) is 55.8 Å². The number of halogens is 1. The minimum Gasteiger partial charge on any atom is -0.508 e. The number of nitrogens with zero attached hydrogens (tertiary/aromatic N) is 2. The first kappa shape index (κ1) is 17.2. The van der Waals surface area contributed by atoms with Crippen LogP contribution in [0.15, 0.2) is 48.5 Å². The Hall–Kier alpha value is -2.60. The van der Waals surface area contributed by atoms with Crippen LogP contribution in [0, 0.1) is 5.82 Å². The number of aromatic hydroxyl groups is 1. The lowest BCUT2D eigenvalue weighted by molar-refractivity contribution is -0.120. The molecule has 1 aliphatic rings. The highest BCUT2D eigenvalue weighted by molar-refractivity contribution is 5.94. The summed E-state index contributed by atoms with van der Waals surface area (Å²) in [5.74, 6) is -0.248. The second-order valence-electron chi connectivity index (χ2n) is 6.21. The van der Waals surface area contributed by atoms with Crippen molar-refractivity contribution in [1.29, 1.82) is 0 Å². The standard InChI is InChI=1S/C19H22FN3O2/c1-14(19(25)21-16-4-2-3-15(20)13-16)22-9-11-23(12-10-22)17-5-7-18(24)8-6-17/h2-8,13-14,24H,9-12H2,1H3,(H,21,25). The molecule has 0 spiro atoms. The van der Waals surface area contributed by atoms with Gasteiger partial charge >= 0.3 is 0 Å². The van der Waals surface area contributed by atoms with Crippen LogP contribution in [0.25, 0.3) is 0 Å². The third-order valence-corrected chi connectivity index (χ3v) is 4.55. The SMILES string of the molecule is CC(C(=O)Nc1cccc(F)c1)N1CCN(c2ccc(O)cc2)CC1. The molecule has 132 valence electrons. The van der Waals surface area contributed by atoms with Crippen LogP contribution in [0.4, 0.5) is 15.8 Å². The molecule has 2 N–H and O–H groups in total. The molecular weight excluding hydrogens is 321 g/mol. The molecule has 25 heavy (non-hydrogen) atoms. The van der Waals surface area contributed by atoms with Crippen molar-refractivity contribution < 1.29 is 14.3 Å². The smallest absolute Gasteiger partial charge is 0.241 e. The molecule has 0 radical (unpaired) electrons. The minimum absolute atomic E-state index is 0.135. The first-order valence-electron chi connectivity index (χ1n) is 8.37. The second kappa shape index (κ2) is 7.53. The maximum Gasteiger partial charge on any atom is 0.241 e. The highest BCUT2D eigenvalue weighted by Crippen LogP contribution is 2.20. The molecule has 2 aromatic carbocycles. The van der Waals surface area contributed by atoms with E-state index in [1.54, 1.807) is 24.3 Å². The van der Waals surface area contributed by atoms with Gasteiger partial charge in [0.25, 0.3) is 0 Å². The fourth-order valence-electron chi connectivity index (χ4n) is 3.01. The maximum atomic E-state index is 13.2. The van der Waals surface area contributed by atoms with Crippen molar-refractivity contribution in [2.75, 3.05) is 36.4 Å². The van der Waals surface area contributed by atoms with E-state index >= 15 is 0 Å². The van der Waals surface area contributed by atoms with Crippen LogP contribution in [0.2, 0.25) is 0 Å². The number of phenolic OH excluding ortho intramolecular Hbond substituents is 1. The molecule has 1 unspecified atom stereocenters. The average Bonchev–Trinajstić information content (AvgIpc) is 2.62. The lowest BCUT2D eigenvalue weighted by Crippen LogP contribution is -2.52. The van der Waals surface area contributed by atoms with Crippen molar-refractivity contribution in [3.63, 3.8) is 0 Å². The van der Waals surface area contributed by atoms with Gasteiger partial charge in [0.2, 0.25) is 5.91 Å². The number of benzene rings is 2. The second-order valence-corrected chi connectivity index (χ2v) is 6.21. The number of hydrogen-bond acceptors (Lipinski definition) is 4. The molecule has 0 aromatic heterocycles. The average molecular weight is 343 g/mol. The van der Waals surface area contributed by atoms with E-state index in [-0.39, 0.29) is 23.5 Å². The van der Waals surface area contributed by atoms with Crippen molar-refractivity contribution in [3.8, 4) is 5.75 Å². The fraction of sp³-hybridized carbons (Fsp3) is 0.316. The highest BCUT2D eigenvalue weighted by Gasteiger charge is 2.25. The summed E-state index contributed by atoms with van der Waals surface area (Å²) in [6.07, 6.45) is 0. The molecule has 3 rings (SSSR count). The number of nitrogens with one attached hydrogen (secondary N) is 1. The highest BCUT2D eigenvalue weighted by atomic mass is 19.1. The summed E-state index contributed by atoms with van der Waals surface area (Å²) in [5, 5.41) is 12.1. The zero-order valence-corrected chi connectivity index (χ0v) is 14.2. The van der Waals surface area contributed by atoms with Crippen LogP contribution >= 0.6 is 0 Å². The van der Waals surface area contributed by atoms with E-state index in [4.69, 9.17) is 0 Å². The number of carbonyl (C=O) groups is 1. The Morgan fingerprint density at radius 1 is 1.12 bits per heavy atom. The number of anilines is 2. The summed E-state index contributed by atoms with van der Waals surface area (Å²) in [5.41, 5.74) is 1.54. The van der Waals surface area contributed by atoms with Gasteiger partial charge in [0.1, 0.15) is 11.6 Å². The van der Waals surface area contributed by atoms with Crippen LogP contribution in [0.5, 0.6) is 5.75 Å². The third kappa shape index (κ3) is 4.28. The van der Waals surface area contributed by atoms with Crippen molar-refractivity contribution >= 4 is 17.3 Å². The van der Waals surface area contributed by atoms with Crippen LogP contribution in [-0.2, 0) is 4.79 Å². The van der Waals surface area contributed by atoms with Crippen LogP contribution in [0.1, 0.15) is 6.92 Å². The van der Waals surface area contributed by atoms with Gasteiger partial charge in [-0.15, -0.1) is 0 Å². The Morgan fingerprint density at radius 2 is 1.80 bits per heavy atom. The molecule has 1 atom stereocenters. The first-order chi connectivity index (χ1) is 12.0. The van der Waals surface area contributed by atoms with Gasteiger partial charge in [-0.1, -0.05) is 6.07 Å². The van der Waals surface area contributed by atoms with Crippen LogP contribution < -0.4 is 10.2 Å². The summed E-state index contributed by atoms with van der Waals surface area (Å²) >= 11 is 0. The molecule has 0 aliphatic carbocycles. The molecule has 1 fully saturated rings. The van der Waals surface area contributed by atoms with Gasteiger partial charge in [-0.3, -0.25) is 9.69 Å². The van der Waals surface area contributed by atoms with Gasteiger partial charge in [0.15, 0.2) is 0 Å². The number of rotatable bonds is 4. The zero-order valence-electron chi connectivity index (χ0n) is 14.2. The van der Waals surface area contributed by atoms with E-state index in [1.807, 2.05) is 19.1 Å². The third-order valence-electron chi connectivity index (χ3n) is 4.55. The first-order valence-corrected chi connectivity index (χ1v) is 8.37. The van der Waals surface area contributed by atoms with Crippen molar-refractivity contribution in [2.45, 2.75) is 13.0 Å². The largest absolute Gasteiger partial charge is 0.508 e. The number of phenols is 1. The minimum atomic E-state index is -0.368. The predicted octanol–water partition coefficient (Wildman–Crippen LogP) is 2.68. The number of amides is 1. The fourth-order valence-corrected chi connectivity index (χ4v) is 3.01. The van der Waals surface area contributed by atoms with Gasteiger partial charge in [-0.25, -0.2) is 4.39 Å². The Labute approximate surface area is 146 Å². The number of piperazine rings is 1. The monoisotopic (exact) mass is 343 g/mol. The molecule has 0 bridgehead atoms. The lowest BCUT2D eigenvalue weighted by atomic mass is 10.2. The Morgan fingerprint density at radius 3 is 2.44 bits per heavy atom. The summed E-state index contributed by atoms with van der Waals surface area (Å²) in [4.78, 5) is 16.7. The van der Waals surface area contributed by atoms with Gasteiger partial charge in [-0.05, 0) is 49.4 Å². The van der Waals surface area contributed by atoms with E-state index in [9.17, 15) is 14.3 Å². The molecule has 0 saturated carbocycles. The molecule has 1 heterocycles. The Bertz CT molecular complexity index is 728. The summed E-state index contributed by atoms with van der Waals surface area (Å²) in [7, 11) is 0. The molecule has 2 aromatic rings. The zero-order chi connectivity index (χ0) is 17.8. The molecule has 1 aliphatic heterocycles. The van der Waals surface area contributed by atoms with Crippen LogP contribution in [-0.4, -0.2) is 48.1 Å². The van der Waals surface area contributed by atoms with E-state index in [2.05, 4.69) is 15.1 Å². The van der Waals surface area contributed by atoms with Gasteiger partial charge < -0.3 is 15.3 Å². The molecule has 1 saturated heterocycles. The molecule has 1 amide bonds. The molecular formula is C19H22FN3O2. The van der Waals surface area contributed by atoms with E-state index in [0.717, 1.165) is 31.9 Å². The molecule has 5 nitrogen and oxygen atoms in total. The lowest BCUT2D eigenvalue weighted by Gasteiger charge is -2.38. The Kier molecular flexibility index (Phi) is 5.19. The molecule has 6 heteroatoms. The Balaban J connectivity index is 1.54. The number of carbonyl (C=O) groups excluding carboxylic acids is 1. The van der Waals surface area contributed by atoms with E-state index < -0.39 is 0 Å². The summed E-state index contributed by atoms with van der Waals surface area (Å²) in [6.45, 7) is 5.01. The number of hydrogen-bond donors (Lipinski definition) is 2. The van der Waals surface area contributed by atoms with Crippen molar-refractivity contribution in [2.24, 2.45) is 0 Å². The maximum absolute atomic E-state index is 13.2.